The highest BCUT2D eigenvalue weighted by molar-refractivity contribution is 5.02. The van der Waals surface area contributed by atoms with Crippen molar-refractivity contribution in [1.82, 2.24) is 14.5 Å². The van der Waals surface area contributed by atoms with Gasteiger partial charge in [0.15, 0.2) is 0 Å². The standard InChI is InChI=1S/C12H21N3O3/c1-14-10(5-4-6-13-7-8-18-3)9-11(16)15(2)12(14)17/h9,13H,4-8H2,1-3H3. The van der Waals surface area contributed by atoms with E-state index in [-0.39, 0.29) is 11.2 Å². The van der Waals surface area contributed by atoms with Crippen molar-refractivity contribution in [3.8, 4) is 0 Å². The third-order valence-electron chi connectivity index (χ3n) is 2.89. The first-order valence-corrected chi connectivity index (χ1v) is 6.03. The molecular weight excluding hydrogens is 234 g/mol. The van der Waals surface area contributed by atoms with E-state index in [9.17, 15) is 9.59 Å². The maximum atomic E-state index is 11.7. The molecule has 0 aromatic carbocycles. The lowest BCUT2D eigenvalue weighted by Crippen LogP contribution is -2.38. The summed E-state index contributed by atoms with van der Waals surface area (Å²) in [4.78, 5) is 23.2. The molecule has 1 aromatic heterocycles. The molecule has 1 heterocycles. The maximum Gasteiger partial charge on any atom is 0.330 e. The van der Waals surface area contributed by atoms with E-state index in [1.807, 2.05) is 0 Å². The summed E-state index contributed by atoms with van der Waals surface area (Å²) < 4.78 is 7.55. The Morgan fingerprint density at radius 3 is 2.61 bits per heavy atom. The van der Waals surface area contributed by atoms with E-state index in [1.165, 1.54) is 17.7 Å². The number of nitrogens with zero attached hydrogens (tertiary/aromatic N) is 2. The zero-order valence-corrected chi connectivity index (χ0v) is 11.2. The van der Waals surface area contributed by atoms with Crippen molar-refractivity contribution >= 4 is 0 Å². The zero-order chi connectivity index (χ0) is 13.5. The summed E-state index contributed by atoms with van der Waals surface area (Å²) >= 11 is 0. The van der Waals surface area contributed by atoms with Crippen molar-refractivity contribution in [2.24, 2.45) is 14.1 Å². The molecular formula is C12H21N3O3. The number of ether oxygens (including phenoxy) is 1. The second kappa shape index (κ2) is 7.13. The smallest absolute Gasteiger partial charge is 0.330 e. The SMILES string of the molecule is COCCNCCCc1cc(=O)n(C)c(=O)n1C. The lowest BCUT2D eigenvalue weighted by atomic mass is 10.2. The molecule has 0 aliphatic rings. The fraction of sp³-hybridized carbons (Fsp3) is 0.667. The van der Waals surface area contributed by atoms with Gasteiger partial charge in [-0.25, -0.2) is 4.79 Å². The quantitative estimate of drug-likeness (QED) is 0.651. The van der Waals surface area contributed by atoms with Crippen LogP contribution >= 0.6 is 0 Å². The molecule has 0 saturated carbocycles. The Kier molecular flexibility index (Phi) is 5.80. The first-order chi connectivity index (χ1) is 8.57. The minimum Gasteiger partial charge on any atom is -0.383 e. The minimum atomic E-state index is -0.273. The van der Waals surface area contributed by atoms with Crippen LogP contribution < -0.4 is 16.6 Å². The Bertz CT molecular complexity index is 490. The van der Waals surface area contributed by atoms with Crippen molar-refractivity contribution < 1.29 is 4.74 Å². The summed E-state index contributed by atoms with van der Waals surface area (Å²) in [5.41, 5.74) is 0.252. The summed E-state index contributed by atoms with van der Waals surface area (Å²) in [6.45, 7) is 2.34. The third kappa shape index (κ3) is 3.82. The molecule has 6 nitrogen and oxygen atoms in total. The van der Waals surface area contributed by atoms with Gasteiger partial charge in [-0.2, -0.15) is 0 Å². The highest BCUT2D eigenvalue weighted by atomic mass is 16.5. The van der Waals surface area contributed by atoms with Crippen LogP contribution in [0.3, 0.4) is 0 Å². The third-order valence-corrected chi connectivity index (χ3v) is 2.89. The second-order valence-corrected chi connectivity index (χ2v) is 4.22. The highest BCUT2D eigenvalue weighted by Crippen LogP contribution is 1.95. The normalized spacial score (nSPS) is 10.8. The summed E-state index contributed by atoms with van der Waals surface area (Å²) in [5, 5.41) is 3.22. The van der Waals surface area contributed by atoms with Gasteiger partial charge in [-0.15, -0.1) is 0 Å². The molecule has 0 unspecified atom stereocenters. The maximum absolute atomic E-state index is 11.7. The predicted octanol–water partition coefficient (Wildman–Crippen LogP) is -0.747. The van der Waals surface area contributed by atoms with Crippen LogP contribution in [-0.2, 0) is 25.3 Å². The summed E-state index contributed by atoms with van der Waals surface area (Å²) in [5.74, 6) is 0. The van der Waals surface area contributed by atoms with E-state index in [4.69, 9.17) is 4.74 Å². The monoisotopic (exact) mass is 255 g/mol. The number of hydrogen-bond donors (Lipinski definition) is 1. The Labute approximate surface area is 106 Å². The number of rotatable bonds is 7. The van der Waals surface area contributed by atoms with E-state index in [1.54, 1.807) is 14.2 Å². The summed E-state index contributed by atoms with van der Waals surface area (Å²) in [7, 11) is 4.84. The molecule has 0 atom stereocenters. The molecule has 1 N–H and O–H groups in total. The first-order valence-electron chi connectivity index (χ1n) is 6.03. The fourth-order valence-corrected chi connectivity index (χ4v) is 1.71. The number of methoxy groups -OCH3 is 1. The van der Waals surface area contributed by atoms with Gasteiger partial charge in [-0.1, -0.05) is 0 Å². The molecule has 102 valence electrons. The summed E-state index contributed by atoms with van der Waals surface area (Å²) in [6, 6.07) is 1.52. The molecule has 0 aliphatic carbocycles. The molecule has 0 bridgehead atoms. The van der Waals surface area contributed by atoms with Crippen molar-refractivity contribution in [1.29, 1.82) is 0 Å². The number of aromatic nitrogens is 2. The van der Waals surface area contributed by atoms with Crippen molar-refractivity contribution in [3.63, 3.8) is 0 Å². The molecule has 0 spiro atoms. The lowest BCUT2D eigenvalue weighted by molar-refractivity contribution is 0.199. The van der Waals surface area contributed by atoms with Crippen LogP contribution in [0, 0.1) is 0 Å². The topological polar surface area (TPSA) is 65.3 Å². The number of aryl methyl sites for hydroxylation is 1. The Morgan fingerprint density at radius 1 is 1.22 bits per heavy atom. The van der Waals surface area contributed by atoms with Gasteiger partial charge in [0.1, 0.15) is 0 Å². The van der Waals surface area contributed by atoms with Crippen LogP contribution in [0.15, 0.2) is 15.7 Å². The van der Waals surface area contributed by atoms with Crippen LogP contribution in [0.25, 0.3) is 0 Å². The molecule has 0 aliphatic heterocycles. The van der Waals surface area contributed by atoms with Gasteiger partial charge in [0, 0.05) is 39.5 Å². The molecule has 1 rings (SSSR count). The Morgan fingerprint density at radius 2 is 1.94 bits per heavy atom. The average molecular weight is 255 g/mol. The van der Waals surface area contributed by atoms with Gasteiger partial charge < -0.3 is 14.6 Å². The average Bonchev–Trinajstić information content (AvgIpc) is 2.37. The van der Waals surface area contributed by atoms with E-state index < -0.39 is 0 Å². The number of nitrogens with one attached hydrogen (secondary N) is 1. The molecule has 6 heteroatoms. The van der Waals surface area contributed by atoms with E-state index in [2.05, 4.69) is 5.32 Å². The van der Waals surface area contributed by atoms with Crippen LogP contribution in [0.5, 0.6) is 0 Å². The molecule has 0 amide bonds. The van der Waals surface area contributed by atoms with Gasteiger partial charge in [0.05, 0.1) is 6.61 Å². The largest absolute Gasteiger partial charge is 0.383 e. The predicted molar refractivity (Wildman–Crippen MR) is 70.0 cm³/mol. The van der Waals surface area contributed by atoms with Crippen LogP contribution in [-0.4, -0.2) is 35.9 Å². The zero-order valence-electron chi connectivity index (χ0n) is 11.2. The van der Waals surface area contributed by atoms with E-state index in [0.29, 0.717) is 13.0 Å². The fourth-order valence-electron chi connectivity index (χ4n) is 1.71. The van der Waals surface area contributed by atoms with Crippen LogP contribution in [0.4, 0.5) is 0 Å². The molecule has 1 aromatic rings. The van der Waals surface area contributed by atoms with Gasteiger partial charge >= 0.3 is 5.69 Å². The first kappa shape index (κ1) is 14.7. The molecule has 0 saturated heterocycles. The lowest BCUT2D eigenvalue weighted by Gasteiger charge is -2.09. The van der Waals surface area contributed by atoms with Crippen LogP contribution in [0.2, 0.25) is 0 Å². The Balaban J connectivity index is 2.53. The van der Waals surface area contributed by atoms with Crippen molar-refractivity contribution in [2.75, 3.05) is 26.8 Å². The van der Waals surface area contributed by atoms with E-state index in [0.717, 1.165) is 29.8 Å². The molecule has 0 fully saturated rings. The van der Waals surface area contributed by atoms with E-state index >= 15 is 0 Å². The molecule has 18 heavy (non-hydrogen) atoms. The van der Waals surface area contributed by atoms with Gasteiger partial charge in [-0.3, -0.25) is 9.36 Å². The van der Waals surface area contributed by atoms with Crippen molar-refractivity contribution in [2.45, 2.75) is 12.8 Å². The van der Waals surface area contributed by atoms with Gasteiger partial charge in [0.25, 0.3) is 5.56 Å². The molecule has 0 radical (unpaired) electrons. The van der Waals surface area contributed by atoms with Crippen LogP contribution in [0.1, 0.15) is 12.1 Å². The second-order valence-electron chi connectivity index (χ2n) is 4.22. The Hall–Kier alpha value is -1.40. The van der Waals surface area contributed by atoms with Gasteiger partial charge in [-0.05, 0) is 19.4 Å². The van der Waals surface area contributed by atoms with Crippen molar-refractivity contribution in [3.05, 3.63) is 32.6 Å². The number of hydrogen-bond acceptors (Lipinski definition) is 4. The summed E-state index contributed by atoms with van der Waals surface area (Å²) in [6.07, 6.45) is 1.59. The highest BCUT2D eigenvalue weighted by Gasteiger charge is 2.05. The minimum absolute atomic E-state index is 0.250. The van der Waals surface area contributed by atoms with Gasteiger partial charge in [0.2, 0.25) is 0 Å².